The number of ether oxygens (including phenoxy) is 1. The van der Waals surface area contributed by atoms with E-state index in [1.807, 2.05) is 0 Å². The lowest BCUT2D eigenvalue weighted by atomic mass is 10.00. The van der Waals surface area contributed by atoms with Gasteiger partial charge in [0.2, 0.25) is 11.4 Å². The van der Waals surface area contributed by atoms with Gasteiger partial charge >= 0.3 is 5.97 Å². The van der Waals surface area contributed by atoms with E-state index in [1.165, 1.54) is 12.2 Å². The van der Waals surface area contributed by atoms with Crippen molar-refractivity contribution in [3.8, 4) is 0 Å². The van der Waals surface area contributed by atoms with E-state index in [9.17, 15) is 9.59 Å². The Kier molecular flexibility index (Phi) is 5.12. The highest BCUT2D eigenvalue weighted by atomic mass is 79.9. The summed E-state index contributed by atoms with van der Waals surface area (Å²) in [4.78, 5) is 23.8. The van der Waals surface area contributed by atoms with Gasteiger partial charge in [0, 0.05) is 0 Å². The van der Waals surface area contributed by atoms with Crippen LogP contribution in [-0.2, 0) is 14.3 Å². The Morgan fingerprint density at radius 3 is 2.82 bits per heavy atom. The highest BCUT2D eigenvalue weighted by Gasteiger charge is 2.40. The minimum atomic E-state index is -1.24. The maximum atomic E-state index is 11.9. The average molecular weight is 301 g/mol. The number of unbranched alkanes of at least 4 members (excludes halogenated alkanes) is 1. The van der Waals surface area contributed by atoms with E-state index in [-0.39, 0.29) is 23.0 Å². The van der Waals surface area contributed by atoms with Crippen molar-refractivity contribution in [1.29, 1.82) is 0 Å². The first-order valence-corrected chi connectivity index (χ1v) is 6.87. The van der Waals surface area contributed by atoms with Crippen molar-refractivity contribution in [1.82, 2.24) is 0 Å². The van der Waals surface area contributed by atoms with Crippen LogP contribution in [0.5, 0.6) is 0 Å². The van der Waals surface area contributed by atoms with Gasteiger partial charge in [-0.05, 0) is 18.6 Å². The molecule has 0 spiro atoms. The molecule has 0 N–H and O–H groups in total. The predicted molar refractivity (Wildman–Crippen MR) is 70.0 cm³/mol. The van der Waals surface area contributed by atoms with Crippen LogP contribution in [0.15, 0.2) is 24.8 Å². The lowest BCUT2D eigenvalue weighted by Crippen LogP contribution is -2.42. The van der Waals surface area contributed by atoms with E-state index in [4.69, 9.17) is 4.74 Å². The number of alkyl halides is 1. The van der Waals surface area contributed by atoms with Gasteiger partial charge in [-0.15, -0.1) is 0 Å². The molecule has 0 aromatic heterocycles. The monoisotopic (exact) mass is 300 g/mol. The average Bonchev–Trinajstić information content (AvgIpc) is 2.46. The molecule has 1 aliphatic rings. The summed E-state index contributed by atoms with van der Waals surface area (Å²) in [7, 11) is 0. The smallest absolute Gasteiger partial charge is 0.314 e. The highest BCUT2D eigenvalue weighted by Crippen LogP contribution is 2.26. The Morgan fingerprint density at radius 2 is 2.29 bits per heavy atom. The molecule has 0 fully saturated rings. The molecule has 0 amide bonds. The van der Waals surface area contributed by atoms with E-state index < -0.39 is 5.60 Å². The summed E-state index contributed by atoms with van der Waals surface area (Å²) in [5.74, 6) is -0.906. The van der Waals surface area contributed by atoms with Gasteiger partial charge in [0.15, 0.2) is 0 Å². The first-order chi connectivity index (χ1) is 8.09. The largest absolute Gasteiger partial charge is 0.445 e. The molecule has 1 aliphatic heterocycles. The van der Waals surface area contributed by atoms with Gasteiger partial charge in [-0.3, -0.25) is 9.59 Å². The lowest BCUT2D eigenvalue weighted by molar-refractivity contribution is -0.160. The Morgan fingerprint density at radius 1 is 1.59 bits per heavy atom. The molecule has 0 saturated heterocycles. The van der Waals surface area contributed by atoms with Gasteiger partial charge in [-0.2, -0.15) is 0 Å². The highest BCUT2D eigenvalue weighted by molar-refractivity contribution is 9.09. The van der Waals surface area contributed by atoms with Crippen LogP contribution in [-0.4, -0.2) is 22.7 Å². The van der Waals surface area contributed by atoms with Crippen LogP contribution in [0.4, 0.5) is 0 Å². The Bertz CT molecular complexity index is 349. The van der Waals surface area contributed by atoms with Gasteiger partial charge in [0.05, 0.1) is 11.2 Å². The fourth-order valence-electron chi connectivity index (χ4n) is 1.66. The molecule has 2 atom stereocenters. The van der Waals surface area contributed by atoms with Crippen LogP contribution in [0.2, 0.25) is 0 Å². The molecular formula is C13H17BrO3. The molecule has 0 radical (unpaired) electrons. The number of ketones is 1. The van der Waals surface area contributed by atoms with Crippen LogP contribution in [0.1, 0.15) is 26.2 Å². The van der Waals surface area contributed by atoms with Gasteiger partial charge in [-0.1, -0.05) is 48.4 Å². The summed E-state index contributed by atoms with van der Waals surface area (Å²) in [6.45, 7) is 5.64. The summed E-state index contributed by atoms with van der Waals surface area (Å²) < 4.78 is 5.30. The molecule has 0 aliphatic carbocycles. The maximum Gasteiger partial charge on any atom is 0.314 e. The van der Waals surface area contributed by atoms with E-state index in [0.717, 1.165) is 12.8 Å². The molecule has 3 nitrogen and oxygen atoms in total. The number of esters is 1. The Balaban J connectivity index is 2.90. The van der Waals surface area contributed by atoms with Crippen molar-refractivity contribution >= 4 is 27.7 Å². The topological polar surface area (TPSA) is 43.4 Å². The summed E-state index contributed by atoms with van der Waals surface area (Å²) in [5, 5.41) is 0.235. The van der Waals surface area contributed by atoms with Crippen molar-refractivity contribution in [2.24, 2.45) is 5.92 Å². The number of cyclic esters (lactones) is 1. The predicted octanol–water partition coefficient (Wildman–Crippen LogP) is 2.79. The number of carbonyl (C=O) groups is 2. The molecule has 17 heavy (non-hydrogen) atoms. The number of carbonyl (C=O) groups excluding carboxylic acids is 2. The number of hydrogen-bond donors (Lipinski definition) is 0. The van der Waals surface area contributed by atoms with Crippen molar-refractivity contribution < 1.29 is 14.3 Å². The molecule has 0 aromatic rings. The normalized spacial score (nSPS) is 28.7. The van der Waals surface area contributed by atoms with Gasteiger partial charge in [-0.25, -0.2) is 0 Å². The van der Waals surface area contributed by atoms with Crippen LogP contribution in [0.3, 0.4) is 0 Å². The van der Waals surface area contributed by atoms with Crippen molar-refractivity contribution in [3.05, 3.63) is 24.8 Å². The van der Waals surface area contributed by atoms with E-state index in [0.29, 0.717) is 6.42 Å². The van der Waals surface area contributed by atoms with E-state index in [1.54, 1.807) is 6.08 Å². The van der Waals surface area contributed by atoms with Gasteiger partial charge in [0.25, 0.3) is 0 Å². The lowest BCUT2D eigenvalue weighted by Gasteiger charge is -2.25. The second-order valence-corrected chi connectivity index (χ2v) is 4.68. The molecule has 1 rings (SSSR count). The van der Waals surface area contributed by atoms with Crippen LogP contribution in [0.25, 0.3) is 0 Å². The molecule has 4 heteroatoms. The summed E-state index contributed by atoms with van der Waals surface area (Å²) in [6.07, 6.45) is 7.13. The van der Waals surface area contributed by atoms with Gasteiger partial charge < -0.3 is 4.74 Å². The van der Waals surface area contributed by atoms with Crippen LogP contribution >= 0.6 is 15.9 Å². The minimum absolute atomic E-state index is 0.235. The number of halogens is 1. The Labute approximate surface area is 110 Å². The van der Waals surface area contributed by atoms with Gasteiger partial charge in [0.1, 0.15) is 0 Å². The summed E-state index contributed by atoms with van der Waals surface area (Å²) in [6, 6.07) is 0. The zero-order valence-electron chi connectivity index (χ0n) is 9.95. The van der Waals surface area contributed by atoms with Crippen molar-refractivity contribution in [2.75, 3.05) is 5.33 Å². The number of rotatable bonds is 5. The second-order valence-electron chi connectivity index (χ2n) is 4.12. The number of hydrogen-bond acceptors (Lipinski definition) is 3. The zero-order valence-corrected chi connectivity index (χ0v) is 11.5. The fraction of sp³-hybridized carbons (Fsp3) is 0.538. The molecular weight excluding hydrogens is 284 g/mol. The first-order valence-electron chi connectivity index (χ1n) is 5.74. The molecule has 1 heterocycles. The SMILES string of the molecule is C=CC1(CBr)OC(=O)[C@@H](CCCC)C=CC1=O. The maximum absolute atomic E-state index is 11.9. The molecule has 1 unspecified atom stereocenters. The standard InChI is InChI=1S/C13H17BrO3/c1-3-5-6-10-7-8-11(15)13(4-2,9-14)17-12(10)16/h4,7-8,10H,2-3,5-6,9H2,1H3/t10-,13?/m0/s1. The van der Waals surface area contributed by atoms with Crippen LogP contribution < -0.4 is 0 Å². The third-order valence-electron chi connectivity index (χ3n) is 2.88. The molecule has 0 bridgehead atoms. The Hall–Kier alpha value is -0.900. The second kappa shape index (κ2) is 6.15. The first kappa shape index (κ1) is 14.2. The molecule has 94 valence electrons. The van der Waals surface area contributed by atoms with E-state index in [2.05, 4.69) is 29.4 Å². The van der Waals surface area contributed by atoms with E-state index >= 15 is 0 Å². The van der Waals surface area contributed by atoms with Crippen molar-refractivity contribution in [3.63, 3.8) is 0 Å². The van der Waals surface area contributed by atoms with Crippen molar-refractivity contribution in [2.45, 2.75) is 31.8 Å². The fourth-order valence-corrected chi connectivity index (χ4v) is 2.28. The summed E-state index contributed by atoms with van der Waals surface area (Å²) >= 11 is 3.20. The minimum Gasteiger partial charge on any atom is -0.445 e. The quantitative estimate of drug-likeness (QED) is 0.445. The van der Waals surface area contributed by atoms with Crippen LogP contribution in [0, 0.1) is 5.92 Å². The molecule has 0 aromatic carbocycles. The third-order valence-corrected chi connectivity index (χ3v) is 3.71. The summed E-state index contributed by atoms with van der Waals surface area (Å²) in [5.41, 5.74) is -1.24. The zero-order chi connectivity index (χ0) is 12.9. The molecule has 0 saturated carbocycles. The third kappa shape index (κ3) is 3.06.